The molecule has 1 fully saturated rings. The number of hydrogen-bond acceptors (Lipinski definition) is 4. The molecule has 4 rings (SSSR count). The Labute approximate surface area is 189 Å². The minimum atomic E-state index is -0.257. The van der Waals surface area contributed by atoms with E-state index in [0.717, 1.165) is 48.5 Å². The molecule has 2 heterocycles. The second-order valence-electron chi connectivity index (χ2n) is 6.93. The maximum Gasteiger partial charge on any atom is 0.267 e. The Balaban J connectivity index is 1.51. The topological polar surface area (TPSA) is 35.6 Å². The molecule has 152 valence electrons. The van der Waals surface area contributed by atoms with Crippen molar-refractivity contribution >= 4 is 73.5 Å². The van der Waals surface area contributed by atoms with Crippen LogP contribution in [0.2, 0.25) is 15.1 Å². The third-order valence-electron chi connectivity index (χ3n) is 5.16. The molecule has 0 radical (unpaired) electrons. The first-order valence-corrected chi connectivity index (χ1v) is 11.4. The summed E-state index contributed by atoms with van der Waals surface area (Å²) in [5, 5.41) is 5.41. The Morgan fingerprint density at radius 2 is 1.83 bits per heavy atom. The first-order valence-electron chi connectivity index (χ1n) is 9.42. The lowest BCUT2D eigenvalue weighted by Crippen LogP contribution is -2.46. The number of halogens is 3. The Morgan fingerprint density at radius 3 is 2.52 bits per heavy atom. The molecule has 0 spiro atoms. The summed E-state index contributed by atoms with van der Waals surface area (Å²) in [7, 11) is 0. The fourth-order valence-electron chi connectivity index (χ4n) is 3.52. The van der Waals surface area contributed by atoms with E-state index in [9.17, 15) is 4.79 Å². The van der Waals surface area contributed by atoms with Gasteiger partial charge in [-0.05, 0) is 36.9 Å². The summed E-state index contributed by atoms with van der Waals surface area (Å²) in [4.78, 5) is 17.9. The van der Waals surface area contributed by atoms with Crippen molar-refractivity contribution in [2.24, 2.45) is 0 Å². The van der Waals surface area contributed by atoms with Crippen LogP contribution in [0, 0.1) is 0 Å². The molecule has 0 aliphatic carbocycles. The normalized spacial score (nSPS) is 15.1. The van der Waals surface area contributed by atoms with E-state index in [-0.39, 0.29) is 5.91 Å². The van der Waals surface area contributed by atoms with Crippen LogP contribution in [0.5, 0.6) is 0 Å². The minimum absolute atomic E-state index is 0.257. The van der Waals surface area contributed by atoms with E-state index in [0.29, 0.717) is 25.6 Å². The number of piperazine rings is 1. The van der Waals surface area contributed by atoms with Crippen LogP contribution in [-0.2, 0) is 0 Å². The third kappa shape index (κ3) is 4.35. The smallest absolute Gasteiger partial charge is 0.267 e. The van der Waals surface area contributed by atoms with Crippen LogP contribution in [-0.4, -0.2) is 43.5 Å². The highest BCUT2D eigenvalue weighted by Crippen LogP contribution is 2.37. The van der Waals surface area contributed by atoms with E-state index >= 15 is 0 Å². The van der Waals surface area contributed by atoms with E-state index in [1.807, 2.05) is 24.3 Å². The molecule has 1 amide bonds. The summed E-state index contributed by atoms with van der Waals surface area (Å²) < 4.78 is 0.882. The Morgan fingerprint density at radius 1 is 1.07 bits per heavy atom. The summed E-state index contributed by atoms with van der Waals surface area (Å²) in [6.07, 6.45) is 0. The number of nitrogens with zero attached hydrogens (tertiary/aromatic N) is 2. The minimum Gasteiger partial charge on any atom is -0.368 e. The number of benzene rings is 2. The van der Waals surface area contributed by atoms with Gasteiger partial charge in [0.25, 0.3) is 5.91 Å². The van der Waals surface area contributed by atoms with E-state index in [4.69, 9.17) is 34.8 Å². The van der Waals surface area contributed by atoms with Gasteiger partial charge in [-0.25, -0.2) is 0 Å². The molecule has 0 unspecified atom stereocenters. The van der Waals surface area contributed by atoms with Crippen molar-refractivity contribution in [3.8, 4) is 0 Å². The lowest BCUT2D eigenvalue weighted by Gasteiger charge is -2.36. The van der Waals surface area contributed by atoms with Gasteiger partial charge in [0.15, 0.2) is 0 Å². The van der Waals surface area contributed by atoms with Crippen LogP contribution in [0.3, 0.4) is 0 Å². The summed E-state index contributed by atoms with van der Waals surface area (Å²) in [5.41, 5.74) is 1.64. The lowest BCUT2D eigenvalue weighted by atomic mass is 10.2. The Kier molecular flexibility index (Phi) is 6.23. The fourth-order valence-corrected chi connectivity index (χ4v) is 5.51. The molecule has 0 atom stereocenters. The number of fused-ring (bicyclic) bond motifs is 1. The quantitative estimate of drug-likeness (QED) is 0.491. The average molecular weight is 469 g/mol. The van der Waals surface area contributed by atoms with Crippen LogP contribution >= 0.6 is 46.1 Å². The molecule has 1 N–H and O–H groups in total. The van der Waals surface area contributed by atoms with Gasteiger partial charge in [-0.15, -0.1) is 11.3 Å². The largest absolute Gasteiger partial charge is 0.368 e. The highest BCUT2D eigenvalue weighted by Gasteiger charge is 2.20. The lowest BCUT2D eigenvalue weighted by molar-refractivity contribution is 0.103. The number of amides is 1. The van der Waals surface area contributed by atoms with Crippen molar-refractivity contribution in [3.05, 3.63) is 56.3 Å². The molecular weight excluding hydrogens is 449 g/mol. The number of anilines is 2. The molecule has 3 aromatic rings. The molecule has 0 saturated carbocycles. The van der Waals surface area contributed by atoms with Gasteiger partial charge in [0.05, 0.1) is 15.7 Å². The molecule has 1 aromatic heterocycles. The van der Waals surface area contributed by atoms with Crippen LogP contribution in [0.4, 0.5) is 11.4 Å². The van der Waals surface area contributed by atoms with Crippen LogP contribution in [0.1, 0.15) is 16.6 Å². The molecule has 4 nitrogen and oxygen atoms in total. The monoisotopic (exact) mass is 467 g/mol. The molecule has 29 heavy (non-hydrogen) atoms. The predicted octanol–water partition coefficient (Wildman–Crippen LogP) is 6.26. The number of thiophene rings is 1. The zero-order valence-electron chi connectivity index (χ0n) is 15.8. The third-order valence-corrected chi connectivity index (χ3v) is 7.36. The summed E-state index contributed by atoms with van der Waals surface area (Å²) in [6, 6.07) is 11.0. The van der Waals surface area contributed by atoms with Crippen molar-refractivity contribution < 1.29 is 4.79 Å². The van der Waals surface area contributed by atoms with Gasteiger partial charge in [-0.2, -0.15) is 0 Å². The maximum absolute atomic E-state index is 12.8. The van der Waals surface area contributed by atoms with Crippen LogP contribution in [0.15, 0.2) is 36.4 Å². The van der Waals surface area contributed by atoms with Crippen LogP contribution < -0.4 is 10.2 Å². The maximum atomic E-state index is 12.8. The van der Waals surface area contributed by atoms with E-state index < -0.39 is 0 Å². The van der Waals surface area contributed by atoms with Crippen molar-refractivity contribution in [3.63, 3.8) is 0 Å². The molecule has 0 bridgehead atoms. The molecule has 8 heteroatoms. The Bertz CT molecular complexity index is 1060. The summed E-state index contributed by atoms with van der Waals surface area (Å²) in [6.45, 7) is 7.19. The molecule has 1 saturated heterocycles. The van der Waals surface area contributed by atoms with Gasteiger partial charge in [0.1, 0.15) is 4.88 Å². The fraction of sp³-hybridized carbons (Fsp3) is 0.286. The second kappa shape index (κ2) is 8.70. The molecule has 1 aliphatic heterocycles. The Hall–Kier alpha value is -1.50. The van der Waals surface area contributed by atoms with Gasteiger partial charge in [0.2, 0.25) is 0 Å². The molecular formula is C21H20Cl3N3OS. The van der Waals surface area contributed by atoms with Gasteiger partial charge >= 0.3 is 0 Å². The predicted molar refractivity (Wildman–Crippen MR) is 126 cm³/mol. The van der Waals surface area contributed by atoms with Crippen molar-refractivity contribution in [2.75, 3.05) is 42.9 Å². The molecule has 1 aliphatic rings. The van der Waals surface area contributed by atoms with Crippen molar-refractivity contribution in [1.82, 2.24) is 4.90 Å². The zero-order valence-corrected chi connectivity index (χ0v) is 18.9. The van der Waals surface area contributed by atoms with E-state index in [1.165, 1.54) is 11.3 Å². The van der Waals surface area contributed by atoms with E-state index in [1.54, 1.807) is 12.1 Å². The summed E-state index contributed by atoms with van der Waals surface area (Å²) >= 11 is 20.3. The second-order valence-corrected chi connectivity index (χ2v) is 9.20. The van der Waals surface area contributed by atoms with Gasteiger partial charge < -0.3 is 15.1 Å². The first-order chi connectivity index (χ1) is 14.0. The number of carbonyl (C=O) groups excluding carboxylic acids is 1. The SMILES string of the molecule is CCN1CCN(c2ccc(NC(=O)c3sc4cc(Cl)ccc4c3Cl)cc2Cl)CC1. The van der Waals surface area contributed by atoms with Crippen molar-refractivity contribution in [1.29, 1.82) is 0 Å². The number of rotatable bonds is 4. The number of hydrogen-bond donors (Lipinski definition) is 1. The van der Waals surface area contributed by atoms with Crippen molar-refractivity contribution in [2.45, 2.75) is 6.92 Å². The van der Waals surface area contributed by atoms with Gasteiger partial charge in [-0.1, -0.05) is 47.8 Å². The average Bonchev–Trinajstić information content (AvgIpc) is 3.04. The standard InChI is InChI=1S/C21H20Cl3N3OS/c1-2-26-7-9-27(10-8-26)17-6-4-14(12-16(17)23)25-21(28)20-19(24)15-5-3-13(22)11-18(15)29-20/h3-6,11-12H,2,7-10H2,1H3,(H,25,28). The first kappa shape index (κ1) is 20.8. The van der Waals surface area contributed by atoms with Gasteiger partial charge in [0, 0.05) is 47.0 Å². The number of carbonyl (C=O) groups is 1. The zero-order chi connectivity index (χ0) is 20.5. The van der Waals surface area contributed by atoms with E-state index in [2.05, 4.69) is 22.0 Å². The highest BCUT2D eigenvalue weighted by atomic mass is 35.5. The number of nitrogens with one attached hydrogen (secondary N) is 1. The summed E-state index contributed by atoms with van der Waals surface area (Å²) in [5.74, 6) is -0.257. The number of likely N-dealkylation sites (N-methyl/N-ethyl adjacent to an activating group) is 1. The van der Waals surface area contributed by atoms with Crippen LogP contribution in [0.25, 0.3) is 10.1 Å². The molecule has 2 aromatic carbocycles. The highest BCUT2D eigenvalue weighted by molar-refractivity contribution is 7.21. The van der Waals surface area contributed by atoms with Gasteiger partial charge in [-0.3, -0.25) is 4.79 Å².